The summed E-state index contributed by atoms with van der Waals surface area (Å²) in [5.74, 6) is -3.15. The molecule has 0 aliphatic carbocycles. The van der Waals surface area contributed by atoms with Crippen LogP contribution in [-0.2, 0) is 19.2 Å². The van der Waals surface area contributed by atoms with Gasteiger partial charge in [-0.3, -0.25) is 14.4 Å². The van der Waals surface area contributed by atoms with Crippen molar-refractivity contribution in [3.8, 4) is 0 Å². The molecule has 0 spiro atoms. The van der Waals surface area contributed by atoms with Crippen molar-refractivity contribution < 1.29 is 24.3 Å². The number of nitrogens with two attached hydrogens (primary N) is 1. The van der Waals surface area contributed by atoms with Gasteiger partial charge in [-0.25, -0.2) is 4.79 Å². The van der Waals surface area contributed by atoms with Crippen LogP contribution in [0.25, 0.3) is 0 Å². The van der Waals surface area contributed by atoms with Crippen molar-refractivity contribution >= 4 is 36.3 Å². The summed E-state index contributed by atoms with van der Waals surface area (Å²) < 4.78 is 0. The third-order valence-electron chi connectivity index (χ3n) is 3.76. The number of amides is 3. The van der Waals surface area contributed by atoms with Crippen LogP contribution in [0, 0.1) is 5.92 Å². The van der Waals surface area contributed by atoms with Crippen LogP contribution in [0.3, 0.4) is 0 Å². The molecule has 3 amide bonds. The van der Waals surface area contributed by atoms with Crippen LogP contribution in [-0.4, -0.2) is 58.7 Å². The quantitative estimate of drug-likeness (QED) is 0.266. The highest BCUT2D eigenvalue weighted by Crippen LogP contribution is 2.08. The molecule has 5 unspecified atom stereocenters. The van der Waals surface area contributed by atoms with Crippen LogP contribution in [0.15, 0.2) is 0 Å². The van der Waals surface area contributed by atoms with Gasteiger partial charge in [-0.2, -0.15) is 12.6 Å². The van der Waals surface area contributed by atoms with Crippen LogP contribution in [0.4, 0.5) is 0 Å². The number of carboxylic acid groups (broad SMARTS) is 1. The third-order valence-corrected chi connectivity index (χ3v) is 4.12. The summed E-state index contributed by atoms with van der Waals surface area (Å²) in [5, 5.41) is 16.2. The lowest BCUT2D eigenvalue weighted by Crippen LogP contribution is -2.57. The third kappa shape index (κ3) is 7.74. The number of carboxylic acids is 1. The SMILES string of the molecule is CCC(C)C(NC(=O)C(C)N)C(=O)NC(C)C(=O)NC(CS)C(=O)O. The Bertz CT molecular complexity index is 500. The molecule has 5 atom stereocenters. The second-order valence-corrected chi connectivity index (χ2v) is 6.34. The zero-order valence-electron chi connectivity index (χ0n) is 14.9. The molecule has 0 aromatic heterocycles. The van der Waals surface area contributed by atoms with Crippen LogP contribution in [0.2, 0.25) is 0 Å². The Kier molecular flexibility index (Phi) is 10.1. The van der Waals surface area contributed by atoms with Crippen molar-refractivity contribution in [3.63, 3.8) is 0 Å². The standard InChI is InChI=1S/C15H28N4O5S/c1-5-7(2)11(19-12(20)8(3)16)14(22)17-9(4)13(21)18-10(6-25)15(23)24/h7-11,25H,5-6,16H2,1-4H3,(H,17,22)(H,18,21)(H,19,20)(H,23,24). The van der Waals surface area contributed by atoms with Crippen LogP contribution in [0.1, 0.15) is 34.1 Å². The fourth-order valence-electron chi connectivity index (χ4n) is 1.84. The highest BCUT2D eigenvalue weighted by atomic mass is 32.1. The van der Waals surface area contributed by atoms with Crippen molar-refractivity contribution in [1.82, 2.24) is 16.0 Å². The van der Waals surface area contributed by atoms with Gasteiger partial charge in [0, 0.05) is 5.75 Å². The van der Waals surface area contributed by atoms with Crippen LogP contribution in [0.5, 0.6) is 0 Å². The van der Waals surface area contributed by atoms with Crippen molar-refractivity contribution in [2.75, 3.05) is 5.75 Å². The minimum absolute atomic E-state index is 0.0817. The molecule has 144 valence electrons. The minimum Gasteiger partial charge on any atom is -0.480 e. The maximum Gasteiger partial charge on any atom is 0.327 e. The summed E-state index contributed by atoms with van der Waals surface area (Å²) in [6.45, 7) is 6.58. The molecule has 0 aromatic carbocycles. The molecular formula is C15H28N4O5S. The molecule has 10 heteroatoms. The maximum atomic E-state index is 12.4. The molecule has 6 N–H and O–H groups in total. The molecule has 0 bridgehead atoms. The summed E-state index contributed by atoms with van der Waals surface area (Å²) >= 11 is 3.85. The molecule has 0 aliphatic heterocycles. The normalized spacial score (nSPS) is 16.7. The van der Waals surface area contributed by atoms with Gasteiger partial charge < -0.3 is 26.8 Å². The largest absolute Gasteiger partial charge is 0.480 e. The van der Waals surface area contributed by atoms with Gasteiger partial charge in [0.05, 0.1) is 6.04 Å². The lowest BCUT2D eigenvalue weighted by molar-refractivity contribution is -0.141. The van der Waals surface area contributed by atoms with Gasteiger partial charge in [-0.1, -0.05) is 20.3 Å². The van der Waals surface area contributed by atoms with Gasteiger partial charge in [0.25, 0.3) is 0 Å². The first kappa shape index (κ1) is 23.2. The molecule has 0 saturated heterocycles. The fraction of sp³-hybridized carbons (Fsp3) is 0.733. The smallest absolute Gasteiger partial charge is 0.327 e. The van der Waals surface area contributed by atoms with E-state index in [0.29, 0.717) is 6.42 Å². The number of rotatable bonds is 10. The van der Waals surface area contributed by atoms with E-state index in [1.54, 1.807) is 6.92 Å². The van der Waals surface area contributed by atoms with Crippen LogP contribution < -0.4 is 21.7 Å². The molecule has 0 rings (SSSR count). The van der Waals surface area contributed by atoms with Crippen molar-refractivity contribution in [2.24, 2.45) is 11.7 Å². The number of carbonyl (C=O) groups excluding carboxylic acids is 3. The second kappa shape index (κ2) is 10.9. The van der Waals surface area contributed by atoms with E-state index in [1.807, 2.05) is 6.92 Å². The minimum atomic E-state index is -1.22. The highest BCUT2D eigenvalue weighted by Gasteiger charge is 2.30. The number of aliphatic carboxylic acids is 1. The topological polar surface area (TPSA) is 151 Å². The molecule has 9 nitrogen and oxygen atoms in total. The summed E-state index contributed by atoms with van der Waals surface area (Å²) in [7, 11) is 0. The summed E-state index contributed by atoms with van der Waals surface area (Å²) in [6, 6.07) is -3.75. The lowest BCUT2D eigenvalue weighted by Gasteiger charge is -2.26. The van der Waals surface area contributed by atoms with E-state index in [0.717, 1.165) is 0 Å². The van der Waals surface area contributed by atoms with Gasteiger partial charge in [-0.15, -0.1) is 0 Å². The predicted octanol–water partition coefficient (Wildman–Crippen LogP) is -1.13. The fourth-order valence-corrected chi connectivity index (χ4v) is 2.09. The molecule has 0 aliphatic rings. The van der Waals surface area contributed by atoms with E-state index in [4.69, 9.17) is 10.8 Å². The first-order valence-electron chi connectivity index (χ1n) is 8.05. The number of carbonyl (C=O) groups is 4. The van der Waals surface area contributed by atoms with E-state index in [2.05, 4.69) is 28.6 Å². The zero-order valence-corrected chi connectivity index (χ0v) is 15.8. The van der Waals surface area contributed by atoms with Gasteiger partial charge in [0.1, 0.15) is 18.1 Å². The summed E-state index contributed by atoms with van der Waals surface area (Å²) in [4.78, 5) is 47.2. The monoisotopic (exact) mass is 376 g/mol. The number of hydrogen-bond acceptors (Lipinski definition) is 6. The Morgan fingerprint density at radius 3 is 1.96 bits per heavy atom. The number of thiol groups is 1. The first-order chi connectivity index (χ1) is 11.5. The molecule has 0 heterocycles. The number of nitrogens with one attached hydrogen (secondary N) is 3. The lowest BCUT2D eigenvalue weighted by atomic mass is 9.97. The Labute approximate surface area is 152 Å². The van der Waals surface area contributed by atoms with Crippen LogP contribution >= 0.6 is 12.6 Å². The first-order valence-corrected chi connectivity index (χ1v) is 8.68. The Morgan fingerprint density at radius 1 is 1.00 bits per heavy atom. The van der Waals surface area contributed by atoms with E-state index in [9.17, 15) is 19.2 Å². The zero-order chi connectivity index (χ0) is 19.7. The average Bonchev–Trinajstić information content (AvgIpc) is 2.55. The molecule has 25 heavy (non-hydrogen) atoms. The Hall–Kier alpha value is -1.81. The molecule has 0 saturated carbocycles. The summed E-state index contributed by atoms with van der Waals surface area (Å²) in [5.41, 5.74) is 5.50. The second-order valence-electron chi connectivity index (χ2n) is 5.97. The average molecular weight is 376 g/mol. The summed E-state index contributed by atoms with van der Waals surface area (Å²) in [6.07, 6.45) is 0.624. The van der Waals surface area contributed by atoms with E-state index in [-0.39, 0.29) is 11.7 Å². The van der Waals surface area contributed by atoms with Crippen molar-refractivity contribution in [2.45, 2.75) is 58.3 Å². The molecule has 0 aromatic rings. The maximum absolute atomic E-state index is 12.4. The predicted molar refractivity (Wildman–Crippen MR) is 96.1 cm³/mol. The van der Waals surface area contributed by atoms with E-state index < -0.39 is 47.9 Å². The van der Waals surface area contributed by atoms with Crippen molar-refractivity contribution in [1.29, 1.82) is 0 Å². The van der Waals surface area contributed by atoms with Gasteiger partial charge >= 0.3 is 5.97 Å². The molecular weight excluding hydrogens is 348 g/mol. The molecule has 0 radical (unpaired) electrons. The van der Waals surface area contributed by atoms with Gasteiger partial charge in [0.2, 0.25) is 17.7 Å². The highest BCUT2D eigenvalue weighted by molar-refractivity contribution is 7.80. The van der Waals surface area contributed by atoms with Crippen molar-refractivity contribution in [3.05, 3.63) is 0 Å². The van der Waals surface area contributed by atoms with E-state index in [1.165, 1.54) is 13.8 Å². The van der Waals surface area contributed by atoms with E-state index >= 15 is 0 Å². The van der Waals surface area contributed by atoms with Gasteiger partial charge in [-0.05, 0) is 19.8 Å². The number of hydrogen-bond donors (Lipinski definition) is 6. The Morgan fingerprint density at radius 2 is 1.56 bits per heavy atom. The van der Waals surface area contributed by atoms with Gasteiger partial charge in [0.15, 0.2) is 0 Å². The molecule has 0 fully saturated rings. The Balaban J connectivity index is 4.94.